The number of hydrogen-bond acceptors (Lipinski definition) is 6. The molecule has 2 aromatic carbocycles. The molecule has 0 saturated carbocycles. The number of aryl methyl sites for hydroxylation is 1. The van der Waals surface area contributed by atoms with Crippen molar-refractivity contribution in [2.75, 3.05) is 11.9 Å². The Bertz CT molecular complexity index is 1240. The van der Waals surface area contributed by atoms with Gasteiger partial charge in [0.05, 0.1) is 17.3 Å². The van der Waals surface area contributed by atoms with Crippen LogP contribution in [0, 0.1) is 6.92 Å². The Morgan fingerprint density at radius 2 is 1.90 bits per heavy atom. The first-order valence-electron chi connectivity index (χ1n) is 9.23. The van der Waals surface area contributed by atoms with Gasteiger partial charge in [-0.1, -0.05) is 18.2 Å². The van der Waals surface area contributed by atoms with Crippen molar-refractivity contribution in [1.82, 2.24) is 4.98 Å². The maximum atomic E-state index is 12.8. The van der Waals surface area contributed by atoms with Gasteiger partial charge < -0.3 is 19.2 Å². The van der Waals surface area contributed by atoms with E-state index in [0.717, 1.165) is 0 Å². The minimum absolute atomic E-state index is 0.137. The van der Waals surface area contributed by atoms with Gasteiger partial charge in [0.1, 0.15) is 22.8 Å². The zero-order chi connectivity index (χ0) is 20.9. The van der Waals surface area contributed by atoms with E-state index >= 15 is 0 Å². The minimum atomic E-state index is -0.327. The average Bonchev–Trinajstić information content (AvgIpc) is 2.76. The lowest BCUT2D eigenvalue weighted by Gasteiger charge is -2.10. The fourth-order valence-corrected chi connectivity index (χ4v) is 2.87. The van der Waals surface area contributed by atoms with Gasteiger partial charge in [-0.15, -0.1) is 0 Å². The van der Waals surface area contributed by atoms with E-state index in [-0.39, 0.29) is 23.7 Å². The number of para-hydroxylation sites is 1. The van der Waals surface area contributed by atoms with Crippen LogP contribution in [0.2, 0.25) is 0 Å². The Labute approximate surface area is 171 Å². The number of nitrogens with one attached hydrogen (secondary N) is 1. The van der Waals surface area contributed by atoms with Crippen molar-refractivity contribution in [1.29, 1.82) is 0 Å². The monoisotopic (exact) mass is 402 g/mol. The number of rotatable bonds is 6. The molecule has 0 aliphatic rings. The maximum Gasteiger partial charge on any atom is 0.262 e. The molecule has 0 saturated heterocycles. The largest absolute Gasteiger partial charge is 0.484 e. The SMILES string of the molecule is Cc1oc2cc(OCC(=O)Nc3cccnc3)ccc2c(=O)c1Oc1ccccc1. The van der Waals surface area contributed by atoms with Crippen LogP contribution in [-0.2, 0) is 4.79 Å². The second kappa shape index (κ2) is 8.48. The fraction of sp³-hybridized carbons (Fsp3) is 0.0870. The van der Waals surface area contributed by atoms with Crippen LogP contribution in [0.5, 0.6) is 17.2 Å². The Hall–Kier alpha value is -4.13. The predicted octanol–water partition coefficient (Wildman–Crippen LogP) is 4.31. The summed E-state index contributed by atoms with van der Waals surface area (Å²) in [7, 11) is 0. The molecule has 0 spiro atoms. The van der Waals surface area contributed by atoms with Crippen LogP contribution in [0.15, 0.2) is 82.3 Å². The van der Waals surface area contributed by atoms with Crippen molar-refractivity contribution in [2.24, 2.45) is 0 Å². The van der Waals surface area contributed by atoms with E-state index in [0.29, 0.717) is 33.9 Å². The van der Waals surface area contributed by atoms with Crippen LogP contribution in [0.25, 0.3) is 11.0 Å². The van der Waals surface area contributed by atoms with Crippen LogP contribution < -0.4 is 20.2 Å². The fourth-order valence-electron chi connectivity index (χ4n) is 2.87. The summed E-state index contributed by atoms with van der Waals surface area (Å²) in [6, 6.07) is 17.3. The number of pyridine rings is 1. The zero-order valence-corrected chi connectivity index (χ0v) is 16.1. The van der Waals surface area contributed by atoms with E-state index in [4.69, 9.17) is 13.9 Å². The van der Waals surface area contributed by atoms with Gasteiger partial charge in [0.2, 0.25) is 11.2 Å². The zero-order valence-electron chi connectivity index (χ0n) is 16.1. The molecule has 1 N–H and O–H groups in total. The Morgan fingerprint density at radius 1 is 1.07 bits per heavy atom. The van der Waals surface area contributed by atoms with Gasteiger partial charge in [-0.2, -0.15) is 0 Å². The molecule has 4 rings (SSSR count). The van der Waals surface area contributed by atoms with Gasteiger partial charge in [-0.05, 0) is 43.3 Å². The molecule has 7 nitrogen and oxygen atoms in total. The number of benzene rings is 2. The normalized spacial score (nSPS) is 10.6. The molecule has 7 heteroatoms. The third kappa shape index (κ3) is 4.30. The first-order chi connectivity index (χ1) is 14.6. The molecular formula is C23H18N2O5. The number of ether oxygens (including phenoxy) is 2. The molecule has 0 aliphatic carbocycles. The summed E-state index contributed by atoms with van der Waals surface area (Å²) >= 11 is 0. The van der Waals surface area contributed by atoms with E-state index in [9.17, 15) is 9.59 Å². The van der Waals surface area contributed by atoms with E-state index in [1.54, 1.807) is 61.8 Å². The van der Waals surface area contributed by atoms with Crippen molar-refractivity contribution >= 4 is 22.6 Å². The lowest BCUT2D eigenvalue weighted by molar-refractivity contribution is -0.118. The number of aromatic nitrogens is 1. The molecule has 4 aromatic rings. The molecule has 0 bridgehead atoms. The van der Waals surface area contributed by atoms with Gasteiger partial charge in [-0.3, -0.25) is 14.6 Å². The predicted molar refractivity (Wildman–Crippen MR) is 112 cm³/mol. The second-order valence-electron chi connectivity index (χ2n) is 6.47. The summed E-state index contributed by atoms with van der Waals surface area (Å²) in [6.07, 6.45) is 3.16. The van der Waals surface area contributed by atoms with Crippen LogP contribution in [0.4, 0.5) is 5.69 Å². The van der Waals surface area contributed by atoms with Gasteiger partial charge >= 0.3 is 0 Å². The number of amides is 1. The summed E-state index contributed by atoms with van der Waals surface area (Å²) in [5.41, 5.74) is 0.652. The van der Waals surface area contributed by atoms with E-state index in [1.165, 1.54) is 0 Å². The molecule has 2 aromatic heterocycles. The number of carbonyl (C=O) groups excluding carboxylic acids is 1. The van der Waals surface area contributed by atoms with E-state index < -0.39 is 0 Å². The number of carbonyl (C=O) groups is 1. The molecule has 30 heavy (non-hydrogen) atoms. The molecule has 0 radical (unpaired) electrons. The standard InChI is InChI=1S/C23H18N2O5/c1-15-23(30-17-7-3-2-4-8-17)22(27)19-10-9-18(12-20(19)29-15)28-14-21(26)25-16-6-5-11-24-13-16/h2-13H,14H2,1H3,(H,25,26). The molecule has 0 unspecified atom stereocenters. The minimum Gasteiger partial charge on any atom is -0.484 e. The summed E-state index contributed by atoms with van der Waals surface area (Å²) < 4.78 is 17.0. The number of fused-ring (bicyclic) bond motifs is 1. The van der Waals surface area contributed by atoms with Gasteiger partial charge in [-0.25, -0.2) is 0 Å². The van der Waals surface area contributed by atoms with Gasteiger partial charge in [0, 0.05) is 12.3 Å². The third-order valence-electron chi connectivity index (χ3n) is 4.27. The van der Waals surface area contributed by atoms with Gasteiger partial charge in [0.25, 0.3) is 5.91 Å². The Kier molecular flexibility index (Phi) is 5.43. The Morgan fingerprint density at radius 3 is 2.67 bits per heavy atom. The highest BCUT2D eigenvalue weighted by Gasteiger charge is 2.15. The highest BCUT2D eigenvalue weighted by molar-refractivity contribution is 5.91. The first-order valence-corrected chi connectivity index (χ1v) is 9.23. The lowest BCUT2D eigenvalue weighted by atomic mass is 10.2. The molecule has 150 valence electrons. The molecule has 0 aliphatic heterocycles. The first kappa shape index (κ1) is 19.2. The number of hydrogen-bond donors (Lipinski definition) is 1. The van der Waals surface area contributed by atoms with Crippen molar-refractivity contribution in [2.45, 2.75) is 6.92 Å². The Balaban J connectivity index is 1.51. The van der Waals surface area contributed by atoms with E-state index in [1.807, 2.05) is 18.2 Å². The summed E-state index contributed by atoms with van der Waals surface area (Å²) in [5, 5.41) is 3.04. The highest BCUT2D eigenvalue weighted by Crippen LogP contribution is 2.27. The van der Waals surface area contributed by atoms with E-state index in [2.05, 4.69) is 10.3 Å². The summed E-state index contributed by atoms with van der Waals surface area (Å²) in [4.78, 5) is 28.8. The van der Waals surface area contributed by atoms with Crippen molar-refractivity contribution < 1.29 is 18.7 Å². The number of anilines is 1. The quantitative estimate of drug-likeness (QED) is 0.517. The van der Waals surface area contributed by atoms with Crippen LogP contribution in [0.1, 0.15) is 5.76 Å². The maximum absolute atomic E-state index is 12.8. The lowest BCUT2D eigenvalue weighted by Crippen LogP contribution is -2.20. The smallest absolute Gasteiger partial charge is 0.262 e. The second-order valence-corrected chi connectivity index (χ2v) is 6.47. The third-order valence-corrected chi connectivity index (χ3v) is 4.27. The number of nitrogens with zero attached hydrogens (tertiary/aromatic N) is 1. The molecule has 0 fully saturated rings. The van der Waals surface area contributed by atoms with Crippen LogP contribution >= 0.6 is 0 Å². The molecular weight excluding hydrogens is 384 g/mol. The molecule has 1 amide bonds. The van der Waals surface area contributed by atoms with Gasteiger partial charge in [0.15, 0.2) is 6.61 Å². The molecule has 0 atom stereocenters. The van der Waals surface area contributed by atoms with Crippen molar-refractivity contribution in [3.63, 3.8) is 0 Å². The van der Waals surface area contributed by atoms with Crippen molar-refractivity contribution in [3.8, 4) is 17.2 Å². The topological polar surface area (TPSA) is 90.7 Å². The van der Waals surface area contributed by atoms with Crippen molar-refractivity contribution in [3.05, 3.63) is 89.0 Å². The van der Waals surface area contributed by atoms with Crippen LogP contribution in [0.3, 0.4) is 0 Å². The van der Waals surface area contributed by atoms with Crippen LogP contribution in [-0.4, -0.2) is 17.5 Å². The summed E-state index contributed by atoms with van der Waals surface area (Å²) in [6.45, 7) is 1.47. The highest BCUT2D eigenvalue weighted by atomic mass is 16.5. The summed E-state index contributed by atoms with van der Waals surface area (Å²) in [5.74, 6) is 1.11. The average molecular weight is 402 g/mol. The molecule has 2 heterocycles.